The molecule has 0 spiro atoms. The number of nitrogens with two attached hydrogens (primary N) is 1. The van der Waals surface area contributed by atoms with E-state index in [9.17, 15) is 0 Å². The average Bonchev–Trinajstić information content (AvgIpc) is 3.62. The molecule has 3 N–H and O–H groups in total. The minimum Gasteiger partial charge on any atom is -0.398 e. The van der Waals surface area contributed by atoms with Crippen LogP contribution in [-0.4, -0.2) is 12.8 Å². The summed E-state index contributed by atoms with van der Waals surface area (Å²) in [7, 11) is 7.67. The Hall–Kier alpha value is -6.26. The summed E-state index contributed by atoms with van der Waals surface area (Å²) in [5, 5.41) is 2.34. The summed E-state index contributed by atoms with van der Waals surface area (Å²) >= 11 is 0. The van der Waals surface area contributed by atoms with Crippen molar-refractivity contribution in [2.24, 2.45) is 0 Å². The molecule has 1 aliphatic heterocycles. The van der Waals surface area contributed by atoms with Crippen molar-refractivity contribution in [3.63, 3.8) is 0 Å². The Morgan fingerprint density at radius 2 is 1.46 bits per heavy atom. The third-order valence-corrected chi connectivity index (χ3v) is 12.3. The van der Waals surface area contributed by atoms with E-state index in [0.29, 0.717) is 0 Å². The van der Waals surface area contributed by atoms with Crippen LogP contribution in [0.3, 0.4) is 0 Å². The van der Waals surface area contributed by atoms with E-state index in [1.807, 2.05) is 0 Å². The number of nitrogens with zero attached hydrogens (tertiary/aromatic N) is 1. The number of nitrogen functional groups attached to an aromatic ring is 1. The number of rotatable bonds is 7. The zero-order valence-electron chi connectivity index (χ0n) is 32.8. The summed E-state index contributed by atoms with van der Waals surface area (Å²) in [6, 6.07) is 49.0. The molecule has 57 heavy (non-hydrogen) atoms. The molecule has 0 amide bonds. The van der Waals surface area contributed by atoms with Crippen molar-refractivity contribution in [2.75, 3.05) is 10.6 Å². The minimum absolute atomic E-state index is 0.753. The first-order valence-electron chi connectivity index (χ1n) is 20.6. The highest BCUT2D eigenvalue weighted by molar-refractivity contribution is 6.43. The van der Waals surface area contributed by atoms with E-state index < -0.39 is 0 Å². The quantitative estimate of drug-likeness (QED) is 0.126. The summed E-state index contributed by atoms with van der Waals surface area (Å²) in [5.74, 6) is 0. The second-order valence-corrected chi connectivity index (χ2v) is 16.0. The van der Waals surface area contributed by atoms with Crippen molar-refractivity contribution < 1.29 is 0 Å². The number of fused-ring (bicyclic) bond motifs is 10. The molecule has 1 aromatic heterocycles. The topological polar surface area (TPSA) is 45.1 Å². The van der Waals surface area contributed by atoms with Gasteiger partial charge in [-0.2, -0.15) is 0 Å². The van der Waals surface area contributed by atoms with Crippen LogP contribution in [0.5, 0.6) is 0 Å². The third-order valence-electron chi connectivity index (χ3n) is 12.3. The predicted molar refractivity (Wildman–Crippen MR) is 245 cm³/mol. The number of nitrogens with one attached hydrogen (secondary N) is 1. The first kappa shape index (κ1) is 35.2. The van der Waals surface area contributed by atoms with Crippen LogP contribution >= 0.6 is 0 Å². The maximum absolute atomic E-state index is 7.67. The molecule has 1 aliphatic carbocycles. The number of allylic oxidation sites excluding steroid dienone is 2. The standard InChI is InChI=1S/C53H46BN3/c1-3-4-13-34-29-42(41-28-33(2)20-26-46(41)55)50-44-31-38(36-16-9-6-10-17-36)23-27-48(44)57(39-24-21-37(22-25-39)35-14-7-5-8-15-35)49-32-43-40-18-11-12-19-47(40)56-53(43)51(52(49)54)45(50)30-34/h6,9-12,14,16-32,56H,3-5,7-8,13,15,55H2,1-2H3. The van der Waals surface area contributed by atoms with E-state index in [4.69, 9.17) is 13.6 Å². The van der Waals surface area contributed by atoms with Gasteiger partial charge in [0.15, 0.2) is 0 Å². The van der Waals surface area contributed by atoms with Crippen LogP contribution in [0.15, 0.2) is 140 Å². The van der Waals surface area contributed by atoms with Gasteiger partial charge < -0.3 is 15.6 Å². The van der Waals surface area contributed by atoms with Crippen LogP contribution in [0.25, 0.3) is 71.9 Å². The normalized spacial score (nSPS) is 13.6. The Labute approximate surface area is 337 Å². The van der Waals surface area contributed by atoms with Crippen LogP contribution < -0.4 is 16.1 Å². The first-order chi connectivity index (χ1) is 28.0. The molecule has 2 aliphatic rings. The summed E-state index contributed by atoms with van der Waals surface area (Å²) in [6.45, 7) is 4.41. The van der Waals surface area contributed by atoms with Gasteiger partial charge >= 0.3 is 0 Å². The largest absolute Gasteiger partial charge is 0.398 e. The van der Waals surface area contributed by atoms with Gasteiger partial charge in [-0.25, -0.2) is 0 Å². The van der Waals surface area contributed by atoms with Crippen LogP contribution in [0.4, 0.5) is 22.7 Å². The maximum Gasteiger partial charge on any atom is 0.117 e. The highest BCUT2D eigenvalue weighted by atomic mass is 15.1. The van der Waals surface area contributed by atoms with Crippen LogP contribution in [0.2, 0.25) is 0 Å². The van der Waals surface area contributed by atoms with Crippen LogP contribution in [-0.2, 0) is 6.42 Å². The van der Waals surface area contributed by atoms with E-state index in [-0.39, 0.29) is 0 Å². The van der Waals surface area contributed by atoms with Gasteiger partial charge in [-0.05, 0) is 138 Å². The predicted octanol–water partition coefficient (Wildman–Crippen LogP) is 13.8. The fraction of sp³-hybridized carbons (Fsp3) is 0.170. The average molecular weight is 736 g/mol. The Balaban J connectivity index is 1.36. The number of aryl methyl sites for hydroxylation is 2. The van der Waals surface area contributed by atoms with Gasteiger partial charge in [0.2, 0.25) is 0 Å². The molecule has 3 nitrogen and oxygen atoms in total. The molecular formula is C53H46BN3. The van der Waals surface area contributed by atoms with E-state index >= 15 is 0 Å². The number of benzene rings is 7. The SMILES string of the molecule is [B]c1c2cc3c([nH]c4ccccc43)c1-c1cc(CCCC)cc(-c3cc(C)ccc3N)c1-c1cc(-c3ccccc3)ccc1N2c1ccc(C2=CCCCC2)cc1. The molecule has 0 saturated carbocycles. The second-order valence-electron chi connectivity index (χ2n) is 16.0. The van der Waals surface area contributed by atoms with Gasteiger partial charge in [-0.3, -0.25) is 0 Å². The Bertz CT molecular complexity index is 2860. The fourth-order valence-corrected chi connectivity index (χ4v) is 9.36. The lowest BCUT2D eigenvalue weighted by Gasteiger charge is -2.35. The lowest BCUT2D eigenvalue weighted by Crippen LogP contribution is -2.24. The van der Waals surface area contributed by atoms with Gasteiger partial charge in [0.05, 0.1) is 11.2 Å². The Morgan fingerprint density at radius 1 is 0.667 bits per heavy atom. The summed E-state index contributed by atoms with van der Waals surface area (Å²) in [4.78, 5) is 6.26. The maximum atomic E-state index is 7.67. The summed E-state index contributed by atoms with van der Waals surface area (Å²) < 4.78 is 0. The lowest BCUT2D eigenvalue weighted by atomic mass is 9.76. The van der Waals surface area contributed by atoms with Crippen molar-refractivity contribution in [1.29, 1.82) is 0 Å². The molecule has 0 fully saturated rings. The molecule has 2 radical (unpaired) electrons. The number of aromatic nitrogens is 1. The molecule has 2 bridgehead atoms. The Kier molecular flexibility index (Phi) is 8.86. The molecule has 0 saturated heterocycles. The number of hydrogen-bond donors (Lipinski definition) is 2. The molecule has 0 unspecified atom stereocenters. The van der Waals surface area contributed by atoms with Crippen LogP contribution in [0, 0.1) is 6.92 Å². The molecule has 8 aromatic rings. The molecule has 276 valence electrons. The van der Waals surface area contributed by atoms with Crippen LogP contribution in [0.1, 0.15) is 62.1 Å². The zero-order chi connectivity index (χ0) is 38.6. The first-order valence-corrected chi connectivity index (χ1v) is 20.6. The van der Waals surface area contributed by atoms with Gasteiger partial charge in [-0.1, -0.05) is 115 Å². The van der Waals surface area contributed by atoms with E-state index in [1.54, 1.807) is 0 Å². The number of unbranched alkanes of at least 4 members (excludes halogenated alkanes) is 1. The Morgan fingerprint density at radius 3 is 2.26 bits per heavy atom. The van der Waals surface area contributed by atoms with E-state index in [2.05, 4.69) is 163 Å². The van der Waals surface area contributed by atoms with Crippen molar-refractivity contribution >= 4 is 63.4 Å². The molecular weight excluding hydrogens is 689 g/mol. The van der Waals surface area contributed by atoms with Gasteiger partial charge in [0.25, 0.3) is 0 Å². The van der Waals surface area contributed by atoms with E-state index in [0.717, 1.165) is 116 Å². The molecule has 7 aromatic carbocycles. The number of anilines is 4. The van der Waals surface area contributed by atoms with Crippen molar-refractivity contribution in [1.82, 2.24) is 4.98 Å². The molecule has 4 heteroatoms. The molecule has 10 rings (SSSR count). The van der Waals surface area contributed by atoms with E-state index in [1.165, 1.54) is 46.1 Å². The van der Waals surface area contributed by atoms with Gasteiger partial charge in [0.1, 0.15) is 7.85 Å². The number of H-pyrrole nitrogens is 1. The smallest absolute Gasteiger partial charge is 0.117 e. The second kappa shape index (κ2) is 14.4. The fourth-order valence-electron chi connectivity index (χ4n) is 9.36. The zero-order valence-corrected chi connectivity index (χ0v) is 32.8. The summed E-state index contributed by atoms with van der Waals surface area (Å²) in [5.41, 5.74) is 27.9. The van der Waals surface area contributed by atoms with Gasteiger partial charge in [-0.15, -0.1) is 0 Å². The highest BCUT2D eigenvalue weighted by Gasteiger charge is 2.31. The van der Waals surface area contributed by atoms with Crippen molar-refractivity contribution in [3.05, 3.63) is 156 Å². The number of aromatic amines is 1. The van der Waals surface area contributed by atoms with Gasteiger partial charge in [0, 0.05) is 50.0 Å². The van der Waals surface area contributed by atoms with Crippen molar-refractivity contribution in [2.45, 2.75) is 58.8 Å². The molecule has 0 atom stereocenters. The minimum atomic E-state index is 0.753. The summed E-state index contributed by atoms with van der Waals surface area (Å²) in [6.07, 6.45) is 10.4. The number of hydrogen-bond acceptors (Lipinski definition) is 2. The monoisotopic (exact) mass is 735 g/mol. The van der Waals surface area contributed by atoms with Crippen molar-refractivity contribution in [3.8, 4) is 44.5 Å². The molecule has 2 heterocycles. The highest BCUT2D eigenvalue weighted by Crippen LogP contribution is 2.53. The lowest BCUT2D eigenvalue weighted by molar-refractivity contribution is 0.742. The third kappa shape index (κ3) is 6.06. The number of para-hydroxylation sites is 1.